The Morgan fingerprint density at radius 2 is 2.10 bits per heavy atom. The number of ether oxygens (including phenoxy) is 2. The lowest BCUT2D eigenvalue weighted by atomic mass is 10.2. The van der Waals surface area contributed by atoms with Crippen molar-refractivity contribution in [1.82, 2.24) is 10.6 Å². The van der Waals surface area contributed by atoms with Gasteiger partial charge in [0.1, 0.15) is 0 Å². The normalized spacial score (nSPS) is 11.3. The molecule has 5 nitrogen and oxygen atoms in total. The fourth-order valence-electron chi connectivity index (χ4n) is 1.59. The van der Waals surface area contributed by atoms with Crippen molar-refractivity contribution >= 4 is 34.2 Å². The molecule has 0 fully saturated rings. The summed E-state index contributed by atoms with van der Waals surface area (Å²) in [6, 6.07) is 3.62. The first kappa shape index (κ1) is 20.0. The topological polar surface area (TPSA) is 59.6 Å². The van der Waals surface area contributed by atoms with Crippen LogP contribution in [0.3, 0.4) is 0 Å². The average molecular weight is 382 g/mol. The minimum Gasteiger partial charge on any atom is -0.493 e. The van der Waals surface area contributed by atoms with E-state index in [1.165, 1.54) is 0 Å². The molecule has 1 amide bonds. The van der Waals surface area contributed by atoms with Crippen molar-refractivity contribution in [3.8, 4) is 11.5 Å². The van der Waals surface area contributed by atoms with Crippen LogP contribution >= 0.6 is 28.3 Å². The molecule has 0 saturated heterocycles. The zero-order chi connectivity index (χ0) is 15.1. The van der Waals surface area contributed by atoms with Gasteiger partial charge >= 0.3 is 0 Å². The van der Waals surface area contributed by atoms with Gasteiger partial charge in [0.25, 0.3) is 5.91 Å². The second-order valence-corrected chi connectivity index (χ2v) is 5.18. The van der Waals surface area contributed by atoms with Gasteiger partial charge in [0.05, 0.1) is 18.2 Å². The molecule has 0 aliphatic heterocycles. The lowest BCUT2D eigenvalue weighted by molar-refractivity contribution is 0.0950. The Balaban J connectivity index is 0.00000400. The van der Waals surface area contributed by atoms with Gasteiger partial charge in [0, 0.05) is 18.2 Å². The zero-order valence-corrected chi connectivity index (χ0v) is 15.1. The molecule has 120 valence electrons. The van der Waals surface area contributed by atoms with Gasteiger partial charge < -0.3 is 20.1 Å². The predicted molar refractivity (Wildman–Crippen MR) is 90.0 cm³/mol. The van der Waals surface area contributed by atoms with E-state index in [-0.39, 0.29) is 24.4 Å². The largest absolute Gasteiger partial charge is 0.493 e. The number of benzene rings is 1. The highest BCUT2D eigenvalue weighted by Crippen LogP contribution is 2.36. The van der Waals surface area contributed by atoms with Crippen molar-refractivity contribution in [2.24, 2.45) is 0 Å². The summed E-state index contributed by atoms with van der Waals surface area (Å²) < 4.78 is 11.5. The van der Waals surface area contributed by atoms with E-state index >= 15 is 0 Å². The molecule has 0 aromatic heterocycles. The Morgan fingerprint density at radius 1 is 1.43 bits per heavy atom. The molecule has 0 aliphatic rings. The van der Waals surface area contributed by atoms with E-state index in [9.17, 15) is 4.79 Å². The summed E-state index contributed by atoms with van der Waals surface area (Å²) in [5, 5.41) is 5.92. The minimum absolute atomic E-state index is 0. The van der Waals surface area contributed by atoms with Crippen LogP contribution in [0.5, 0.6) is 11.5 Å². The molecule has 0 radical (unpaired) electrons. The summed E-state index contributed by atoms with van der Waals surface area (Å²) in [6.07, 6.45) is 0. The first-order valence-corrected chi connectivity index (χ1v) is 7.28. The lowest BCUT2D eigenvalue weighted by Gasteiger charge is -2.14. The zero-order valence-electron chi connectivity index (χ0n) is 12.7. The van der Waals surface area contributed by atoms with E-state index in [0.717, 1.165) is 0 Å². The maximum atomic E-state index is 12.1. The second kappa shape index (κ2) is 9.87. The summed E-state index contributed by atoms with van der Waals surface area (Å²) in [5.41, 5.74) is 0.528. The van der Waals surface area contributed by atoms with Crippen LogP contribution in [0.2, 0.25) is 0 Å². The van der Waals surface area contributed by atoms with Crippen molar-refractivity contribution < 1.29 is 14.3 Å². The molecular formula is C14H22BrClN2O3. The van der Waals surface area contributed by atoms with Gasteiger partial charge in [-0.05, 0) is 49.0 Å². The van der Waals surface area contributed by atoms with Crippen LogP contribution in [0, 0.1) is 0 Å². The molecular weight excluding hydrogens is 360 g/mol. The van der Waals surface area contributed by atoms with Crippen LogP contribution in [0.1, 0.15) is 24.2 Å². The monoisotopic (exact) mass is 380 g/mol. The van der Waals surface area contributed by atoms with Crippen LogP contribution in [-0.2, 0) is 0 Å². The van der Waals surface area contributed by atoms with Gasteiger partial charge in [-0.3, -0.25) is 4.79 Å². The number of carbonyl (C=O) groups excluding carboxylic acids is 1. The summed E-state index contributed by atoms with van der Waals surface area (Å²) in [4.78, 5) is 12.1. The molecule has 2 N–H and O–H groups in total. The number of hydrogen-bond donors (Lipinski definition) is 2. The Hall–Kier alpha value is -0.980. The van der Waals surface area contributed by atoms with E-state index in [1.54, 1.807) is 19.2 Å². The van der Waals surface area contributed by atoms with E-state index < -0.39 is 0 Å². The molecule has 0 bridgehead atoms. The first-order valence-electron chi connectivity index (χ1n) is 6.49. The van der Waals surface area contributed by atoms with Crippen molar-refractivity contribution in [2.45, 2.75) is 19.9 Å². The van der Waals surface area contributed by atoms with Gasteiger partial charge in [-0.25, -0.2) is 0 Å². The van der Waals surface area contributed by atoms with E-state index in [4.69, 9.17) is 9.47 Å². The van der Waals surface area contributed by atoms with Crippen molar-refractivity contribution in [3.63, 3.8) is 0 Å². The molecule has 0 spiro atoms. The van der Waals surface area contributed by atoms with Crippen LogP contribution < -0.4 is 20.1 Å². The highest BCUT2D eigenvalue weighted by Gasteiger charge is 2.15. The molecule has 1 unspecified atom stereocenters. The van der Waals surface area contributed by atoms with Gasteiger partial charge in [-0.15, -0.1) is 12.4 Å². The fraction of sp³-hybridized carbons (Fsp3) is 0.500. The third-order valence-corrected chi connectivity index (χ3v) is 3.43. The smallest absolute Gasteiger partial charge is 0.251 e. The van der Waals surface area contributed by atoms with Gasteiger partial charge in [-0.2, -0.15) is 0 Å². The van der Waals surface area contributed by atoms with Gasteiger partial charge in [-0.1, -0.05) is 0 Å². The Labute approximate surface area is 140 Å². The quantitative estimate of drug-likeness (QED) is 0.762. The number of carbonyl (C=O) groups is 1. The number of hydrogen-bond acceptors (Lipinski definition) is 4. The lowest BCUT2D eigenvalue weighted by Crippen LogP contribution is -2.37. The van der Waals surface area contributed by atoms with Crippen LogP contribution in [0.15, 0.2) is 16.6 Å². The third-order valence-electron chi connectivity index (χ3n) is 2.84. The minimum atomic E-state index is -0.144. The summed E-state index contributed by atoms with van der Waals surface area (Å²) in [5.74, 6) is 0.998. The second-order valence-electron chi connectivity index (χ2n) is 4.32. The highest BCUT2D eigenvalue weighted by atomic mass is 79.9. The molecule has 0 aliphatic carbocycles. The summed E-state index contributed by atoms with van der Waals surface area (Å²) >= 11 is 3.40. The third kappa shape index (κ3) is 5.73. The number of amides is 1. The van der Waals surface area contributed by atoms with Crippen LogP contribution in [0.4, 0.5) is 0 Å². The Bertz CT molecular complexity index is 472. The average Bonchev–Trinajstić information content (AvgIpc) is 2.46. The fourth-order valence-corrected chi connectivity index (χ4v) is 2.14. The number of rotatable bonds is 7. The number of nitrogens with one attached hydrogen (secondary N) is 2. The van der Waals surface area contributed by atoms with Crippen molar-refractivity contribution in [1.29, 1.82) is 0 Å². The van der Waals surface area contributed by atoms with Gasteiger partial charge in [0.2, 0.25) is 0 Å². The predicted octanol–water partition coefficient (Wildman–Crippen LogP) is 2.62. The van der Waals surface area contributed by atoms with Crippen molar-refractivity contribution in [2.75, 3.05) is 27.3 Å². The number of halogens is 2. The molecule has 21 heavy (non-hydrogen) atoms. The molecule has 1 atom stereocenters. The molecule has 1 aromatic carbocycles. The van der Waals surface area contributed by atoms with E-state index in [1.807, 2.05) is 20.9 Å². The van der Waals surface area contributed by atoms with Crippen LogP contribution in [0.25, 0.3) is 0 Å². The molecule has 7 heteroatoms. The molecule has 1 aromatic rings. The SMILES string of the molecule is CCOc1c(Br)cc(C(=O)NCC(C)NC)cc1OC.Cl. The highest BCUT2D eigenvalue weighted by molar-refractivity contribution is 9.10. The first-order chi connectivity index (χ1) is 9.53. The maximum Gasteiger partial charge on any atom is 0.251 e. The van der Waals surface area contributed by atoms with E-state index in [0.29, 0.717) is 34.7 Å². The van der Waals surface area contributed by atoms with E-state index in [2.05, 4.69) is 26.6 Å². The molecule has 1 rings (SSSR count). The van der Waals surface area contributed by atoms with Crippen LogP contribution in [-0.4, -0.2) is 39.3 Å². The standard InChI is InChI=1S/C14H21BrN2O3.ClH/c1-5-20-13-11(15)6-10(7-12(13)19-4)14(18)17-8-9(2)16-3;/h6-7,9,16H,5,8H2,1-4H3,(H,17,18);1H. The Kier molecular flexibility index (Phi) is 9.41. The number of methoxy groups -OCH3 is 1. The summed E-state index contributed by atoms with van der Waals surface area (Å²) in [7, 11) is 3.41. The maximum absolute atomic E-state index is 12.1. The van der Waals surface area contributed by atoms with Gasteiger partial charge in [0.15, 0.2) is 11.5 Å². The number of likely N-dealkylation sites (N-methyl/N-ethyl adjacent to an activating group) is 1. The Morgan fingerprint density at radius 3 is 2.62 bits per heavy atom. The van der Waals surface area contributed by atoms with Crippen molar-refractivity contribution in [3.05, 3.63) is 22.2 Å². The molecule has 0 saturated carbocycles. The molecule has 0 heterocycles. The summed E-state index contributed by atoms with van der Waals surface area (Å²) in [6.45, 7) is 4.98.